The molecule has 5 rings (SSSR count). The maximum absolute atomic E-state index is 14.8. The van der Waals surface area contributed by atoms with Crippen molar-refractivity contribution in [3.05, 3.63) is 52.3 Å². The molecule has 3 aliphatic rings. The van der Waals surface area contributed by atoms with Gasteiger partial charge < -0.3 is 20.1 Å². The third-order valence-corrected chi connectivity index (χ3v) is 6.28. The van der Waals surface area contributed by atoms with Crippen molar-refractivity contribution in [1.29, 1.82) is 0 Å². The van der Waals surface area contributed by atoms with Gasteiger partial charge in [-0.15, -0.1) is 0 Å². The number of benzene rings is 2. The number of carbonyl (C=O) groups is 1. The molecule has 2 aromatic rings. The fraction of sp³-hybridized carbons (Fsp3) is 0.435. The van der Waals surface area contributed by atoms with E-state index in [9.17, 15) is 9.18 Å². The van der Waals surface area contributed by atoms with Gasteiger partial charge in [0.2, 0.25) is 5.91 Å². The van der Waals surface area contributed by atoms with Crippen LogP contribution in [0.4, 0.5) is 10.1 Å². The molecule has 0 fully saturated rings. The van der Waals surface area contributed by atoms with Crippen LogP contribution in [0.3, 0.4) is 0 Å². The molecule has 1 amide bonds. The van der Waals surface area contributed by atoms with E-state index in [2.05, 4.69) is 24.5 Å². The van der Waals surface area contributed by atoms with Crippen LogP contribution < -0.4 is 20.1 Å². The highest BCUT2D eigenvalue weighted by atomic mass is 19.1. The van der Waals surface area contributed by atoms with Gasteiger partial charge in [-0.25, -0.2) is 4.39 Å². The van der Waals surface area contributed by atoms with Crippen molar-refractivity contribution in [2.24, 2.45) is 0 Å². The summed E-state index contributed by atoms with van der Waals surface area (Å²) in [6, 6.07) is 6.63. The first kappa shape index (κ1) is 18.4. The van der Waals surface area contributed by atoms with Crippen molar-refractivity contribution in [3.8, 4) is 11.5 Å². The van der Waals surface area contributed by atoms with E-state index >= 15 is 0 Å². The molecule has 1 atom stereocenters. The van der Waals surface area contributed by atoms with Gasteiger partial charge in [0.25, 0.3) is 0 Å². The van der Waals surface area contributed by atoms with Crippen molar-refractivity contribution in [1.82, 2.24) is 5.32 Å². The van der Waals surface area contributed by atoms with Gasteiger partial charge in [0.15, 0.2) is 11.5 Å². The monoisotopic (exact) mass is 396 g/mol. The molecule has 152 valence electrons. The summed E-state index contributed by atoms with van der Waals surface area (Å²) in [7, 11) is 0. The number of amides is 1. The van der Waals surface area contributed by atoms with Crippen LogP contribution in [-0.4, -0.2) is 25.7 Å². The highest BCUT2D eigenvalue weighted by Crippen LogP contribution is 2.42. The molecule has 0 radical (unpaired) electrons. The van der Waals surface area contributed by atoms with Crippen molar-refractivity contribution in [2.45, 2.75) is 44.6 Å². The Balaban J connectivity index is 1.43. The molecule has 0 spiro atoms. The summed E-state index contributed by atoms with van der Waals surface area (Å²) in [6.45, 7) is 5.84. The summed E-state index contributed by atoms with van der Waals surface area (Å²) >= 11 is 0. The summed E-state index contributed by atoms with van der Waals surface area (Å²) in [4.78, 5) is 13.1. The number of hydrogen-bond donors (Lipinski definition) is 2. The molecule has 1 unspecified atom stereocenters. The zero-order chi connectivity index (χ0) is 20.2. The lowest BCUT2D eigenvalue weighted by atomic mass is 9.86. The topological polar surface area (TPSA) is 59.6 Å². The lowest BCUT2D eigenvalue weighted by molar-refractivity contribution is -0.118. The van der Waals surface area contributed by atoms with Gasteiger partial charge in [0, 0.05) is 17.8 Å². The van der Waals surface area contributed by atoms with Crippen LogP contribution in [-0.2, 0) is 23.1 Å². The summed E-state index contributed by atoms with van der Waals surface area (Å²) < 4.78 is 26.3. The molecular formula is C23H25FN2O3. The quantitative estimate of drug-likeness (QED) is 0.814. The zero-order valence-electron chi connectivity index (χ0n) is 16.7. The minimum absolute atomic E-state index is 0.160. The second kappa shape index (κ2) is 6.73. The fourth-order valence-corrected chi connectivity index (χ4v) is 4.88. The van der Waals surface area contributed by atoms with Crippen LogP contribution in [0, 0.1) is 5.82 Å². The normalized spacial score (nSPS) is 21.3. The molecule has 0 aromatic heterocycles. The Labute approximate surface area is 169 Å². The number of nitrogens with one attached hydrogen (secondary N) is 2. The standard InChI is InChI=1S/C23H25FN2O3/c1-23(2)7-5-13-11-14(12-17(24)19(13)23)26-22(27)20-15-3-4-18-21(29-10-9-28-18)16(15)6-8-25-20/h3-4,11-12,20,25H,5-10H2,1-2H3,(H,26,27). The average molecular weight is 396 g/mol. The Morgan fingerprint density at radius 1 is 1.21 bits per heavy atom. The van der Waals surface area contributed by atoms with Crippen molar-refractivity contribution < 1.29 is 18.7 Å². The molecule has 1 aliphatic carbocycles. The van der Waals surface area contributed by atoms with Crippen LogP contribution in [0.2, 0.25) is 0 Å². The predicted octanol–water partition coefficient (Wildman–Crippen LogP) is 3.65. The first-order valence-corrected chi connectivity index (χ1v) is 10.2. The molecule has 6 heteroatoms. The van der Waals surface area contributed by atoms with Gasteiger partial charge in [-0.2, -0.15) is 0 Å². The maximum atomic E-state index is 14.8. The number of hydrogen-bond acceptors (Lipinski definition) is 4. The van der Waals surface area contributed by atoms with E-state index in [1.54, 1.807) is 0 Å². The Morgan fingerprint density at radius 2 is 2.03 bits per heavy atom. The summed E-state index contributed by atoms with van der Waals surface area (Å²) in [5, 5.41) is 6.20. The van der Waals surface area contributed by atoms with Gasteiger partial charge in [0.05, 0.1) is 0 Å². The molecule has 2 aliphatic heterocycles. The van der Waals surface area contributed by atoms with Crippen LogP contribution in [0.25, 0.3) is 0 Å². The number of ether oxygens (including phenoxy) is 2. The molecule has 0 saturated carbocycles. The van der Waals surface area contributed by atoms with Gasteiger partial charge in [0.1, 0.15) is 25.1 Å². The van der Waals surface area contributed by atoms with Crippen molar-refractivity contribution in [3.63, 3.8) is 0 Å². The number of anilines is 1. The Morgan fingerprint density at radius 3 is 2.90 bits per heavy atom. The molecule has 2 aromatic carbocycles. The van der Waals surface area contributed by atoms with Crippen LogP contribution in [0.15, 0.2) is 24.3 Å². The third-order valence-electron chi connectivity index (χ3n) is 6.28. The highest BCUT2D eigenvalue weighted by Gasteiger charge is 2.34. The van der Waals surface area contributed by atoms with Crippen molar-refractivity contribution in [2.75, 3.05) is 25.1 Å². The molecule has 5 nitrogen and oxygen atoms in total. The largest absolute Gasteiger partial charge is 0.486 e. The van der Waals surface area contributed by atoms with Crippen LogP contribution in [0.5, 0.6) is 11.5 Å². The van der Waals surface area contributed by atoms with Crippen LogP contribution >= 0.6 is 0 Å². The average Bonchev–Trinajstić information content (AvgIpc) is 3.02. The third kappa shape index (κ3) is 3.06. The number of carbonyl (C=O) groups excluding carboxylic acids is 1. The van der Waals surface area contributed by atoms with Crippen LogP contribution in [0.1, 0.15) is 48.6 Å². The van der Waals surface area contributed by atoms with E-state index in [1.807, 2.05) is 18.2 Å². The van der Waals surface area contributed by atoms with E-state index in [4.69, 9.17) is 9.47 Å². The number of halogens is 1. The van der Waals surface area contributed by atoms with Gasteiger partial charge in [-0.05, 0) is 59.6 Å². The lowest BCUT2D eigenvalue weighted by Gasteiger charge is -2.30. The summed E-state index contributed by atoms with van der Waals surface area (Å²) in [6.07, 6.45) is 2.52. The predicted molar refractivity (Wildman–Crippen MR) is 108 cm³/mol. The Bertz CT molecular complexity index is 1000. The summed E-state index contributed by atoms with van der Waals surface area (Å²) in [5.41, 5.74) is 4.02. The lowest BCUT2D eigenvalue weighted by Crippen LogP contribution is -2.38. The SMILES string of the molecule is CC1(C)CCc2cc(NC(=O)C3NCCc4c3ccc3c4OCCO3)cc(F)c21. The number of fused-ring (bicyclic) bond motifs is 4. The molecule has 0 saturated heterocycles. The molecule has 2 heterocycles. The molecule has 0 bridgehead atoms. The minimum Gasteiger partial charge on any atom is -0.486 e. The van der Waals surface area contributed by atoms with Gasteiger partial charge in [-0.1, -0.05) is 19.9 Å². The van der Waals surface area contributed by atoms with E-state index in [1.165, 1.54) is 6.07 Å². The van der Waals surface area contributed by atoms with E-state index in [0.717, 1.165) is 53.0 Å². The Hall–Kier alpha value is -2.60. The van der Waals surface area contributed by atoms with Crippen molar-refractivity contribution >= 4 is 11.6 Å². The van der Waals surface area contributed by atoms with Gasteiger partial charge in [-0.3, -0.25) is 4.79 Å². The van der Waals surface area contributed by atoms with E-state index in [-0.39, 0.29) is 17.1 Å². The second-order valence-corrected chi connectivity index (χ2v) is 8.66. The molecule has 2 N–H and O–H groups in total. The molecule has 29 heavy (non-hydrogen) atoms. The smallest absolute Gasteiger partial charge is 0.246 e. The van der Waals surface area contributed by atoms with Gasteiger partial charge >= 0.3 is 0 Å². The number of rotatable bonds is 2. The van der Waals surface area contributed by atoms with E-state index in [0.29, 0.717) is 25.4 Å². The number of aryl methyl sites for hydroxylation is 1. The maximum Gasteiger partial charge on any atom is 0.246 e. The van der Waals surface area contributed by atoms with E-state index < -0.39 is 6.04 Å². The zero-order valence-corrected chi connectivity index (χ0v) is 16.7. The Kier molecular flexibility index (Phi) is 4.28. The first-order chi connectivity index (χ1) is 13.9. The second-order valence-electron chi connectivity index (χ2n) is 8.66. The highest BCUT2D eigenvalue weighted by molar-refractivity contribution is 5.96. The summed E-state index contributed by atoms with van der Waals surface area (Å²) in [5.74, 6) is 1.05. The minimum atomic E-state index is -0.512. The molecular weight excluding hydrogens is 371 g/mol. The fourth-order valence-electron chi connectivity index (χ4n) is 4.88. The first-order valence-electron chi connectivity index (χ1n) is 10.2.